The number of rotatable bonds is 1. The fraction of sp³-hybridized carbons (Fsp3) is 0.0909. The summed E-state index contributed by atoms with van der Waals surface area (Å²) in [6.07, 6.45) is 2.89. The Morgan fingerprint density at radius 1 is 1.33 bits per heavy atom. The molecule has 0 atom stereocenters. The van der Waals surface area contributed by atoms with E-state index in [1.165, 1.54) is 31.6 Å². The average Bonchev–Trinajstić information content (AvgIpc) is 2.29. The molecule has 0 aliphatic rings. The van der Waals surface area contributed by atoms with Gasteiger partial charge in [-0.25, -0.2) is 9.18 Å². The second kappa shape index (κ2) is 3.65. The largest absolute Gasteiger partial charge is 0.465 e. The minimum atomic E-state index is -0.480. The topological polar surface area (TPSA) is 39.2 Å². The number of ether oxygens (including phenoxy) is 1. The van der Waals surface area contributed by atoms with E-state index in [-0.39, 0.29) is 0 Å². The molecule has 0 aliphatic heterocycles. The molecule has 3 nitrogen and oxygen atoms in total. The zero-order chi connectivity index (χ0) is 10.8. The smallest absolute Gasteiger partial charge is 0.338 e. The van der Waals surface area contributed by atoms with Gasteiger partial charge < -0.3 is 4.74 Å². The van der Waals surface area contributed by atoms with Crippen molar-refractivity contribution in [2.75, 3.05) is 7.11 Å². The quantitative estimate of drug-likeness (QED) is 0.669. The number of methoxy groups -OCH3 is 1. The molecule has 15 heavy (non-hydrogen) atoms. The Morgan fingerprint density at radius 3 is 2.87 bits per heavy atom. The van der Waals surface area contributed by atoms with E-state index in [1.807, 2.05) is 0 Å². The number of pyridine rings is 1. The normalized spacial score (nSPS) is 10.3. The zero-order valence-corrected chi connectivity index (χ0v) is 8.03. The molecule has 1 aromatic carbocycles. The lowest BCUT2D eigenvalue weighted by Gasteiger charge is -2.04. The van der Waals surface area contributed by atoms with Crippen LogP contribution in [0.15, 0.2) is 30.6 Å². The number of fused-ring (bicyclic) bond motifs is 1. The van der Waals surface area contributed by atoms with Gasteiger partial charge in [0, 0.05) is 23.2 Å². The Morgan fingerprint density at radius 2 is 2.13 bits per heavy atom. The summed E-state index contributed by atoms with van der Waals surface area (Å²) >= 11 is 0. The Balaban J connectivity index is 2.77. The molecular formula is C11H8FNO2. The number of nitrogens with zero attached hydrogens (tertiary/aromatic N) is 1. The molecule has 0 spiro atoms. The van der Waals surface area contributed by atoms with E-state index in [0.717, 1.165) is 0 Å². The fourth-order valence-corrected chi connectivity index (χ4v) is 1.44. The van der Waals surface area contributed by atoms with Crippen molar-refractivity contribution in [2.24, 2.45) is 0 Å². The predicted octanol–water partition coefficient (Wildman–Crippen LogP) is 2.16. The number of esters is 1. The molecule has 0 saturated carbocycles. The van der Waals surface area contributed by atoms with Crippen LogP contribution in [0.2, 0.25) is 0 Å². The predicted molar refractivity (Wildman–Crippen MR) is 53.0 cm³/mol. The molecule has 1 aromatic heterocycles. The summed E-state index contributed by atoms with van der Waals surface area (Å²) in [6.45, 7) is 0. The van der Waals surface area contributed by atoms with Crippen molar-refractivity contribution >= 4 is 16.7 Å². The van der Waals surface area contributed by atoms with Gasteiger partial charge in [-0.05, 0) is 18.2 Å². The van der Waals surface area contributed by atoms with Gasteiger partial charge in [-0.3, -0.25) is 4.98 Å². The number of hydrogen-bond acceptors (Lipinski definition) is 3. The average molecular weight is 205 g/mol. The van der Waals surface area contributed by atoms with Crippen LogP contribution in [-0.4, -0.2) is 18.1 Å². The van der Waals surface area contributed by atoms with Crippen LogP contribution in [0.5, 0.6) is 0 Å². The van der Waals surface area contributed by atoms with E-state index in [2.05, 4.69) is 9.72 Å². The Hall–Kier alpha value is -1.97. The molecule has 0 amide bonds. The van der Waals surface area contributed by atoms with Crippen molar-refractivity contribution in [1.29, 1.82) is 0 Å². The third-order valence-electron chi connectivity index (χ3n) is 2.17. The van der Waals surface area contributed by atoms with Gasteiger partial charge in [0.15, 0.2) is 0 Å². The molecule has 0 aliphatic carbocycles. The zero-order valence-electron chi connectivity index (χ0n) is 8.03. The number of aromatic nitrogens is 1. The van der Waals surface area contributed by atoms with Crippen LogP contribution < -0.4 is 0 Å². The Labute approximate surface area is 85.5 Å². The lowest BCUT2D eigenvalue weighted by molar-refractivity contribution is 0.0603. The summed E-state index contributed by atoms with van der Waals surface area (Å²) in [7, 11) is 1.29. The van der Waals surface area contributed by atoms with Crippen molar-refractivity contribution in [3.63, 3.8) is 0 Å². The van der Waals surface area contributed by atoms with Crippen molar-refractivity contribution in [3.8, 4) is 0 Å². The maximum absolute atomic E-state index is 13.3. The highest BCUT2D eigenvalue weighted by Crippen LogP contribution is 2.21. The van der Waals surface area contributed by atoms with Crippen molar-refractivity contribution < 1.29 is 13.9 Å². The molecular weight excluding hydrogens is 197 g/mol. The summed E-state index contributed by atoms with van der Waals surface area (Å²) in [4.78, 5) is 15.2. The van der Waals surface area contributed by atoms with Crippen molar-refractivity contribution in [1.82, 2.24) is 4.98 Å². The van der Waals surface area contributed by atoms with Gasteiger partial charge in [-0.1, -0.05) is 0 Å². The third-order valence-corrected chi connectivity index (χ3v) is 2.17. The van der Waals surface area contributed by atoms with Gasteiger partial charge >= 0.3 is 5.97 Å². The second-order valence-electron chi connectivity index (χ2n) is 3.01. The number of hydrogen-bond donors (Lipinski definition) is 0. The van der Waals surface area contributed by atoms with Crippen molar-refractivity contribution in [3.05, 3.63) is 42.0 Å². The maximum atomic E-state index is 13.3. The molecule has 0 fully saturated rings. The van der Waals surface area contributed by atoms with Crippen LogP contribution in [-0.2, 0) is 4.74 Å². The van der Waals surface area contributed by atoms with Gasteiger partial charge in [0.25, 0.3) is 0 Å². The fourth-order valence-electron chi connectivity index (χ4n) is 1.44. The number of benzene rings is 1. The Bertz CT molecular complexity index is 525. The van der Waals surface area contributed by atoms with Crippen LogP contribution in [0.4, 0.5) is 4.39 Å². The molecule has 0 unspecified atom stereocenters. The summed E-state index contributed by atoms with van der Waals surface area (Å²) < 4.78 is 17.9. The number of carbonyl (C=O) groups is 1. The van der Waals surface area contributed by atoms with E-state index in [1.54, 1.807) is 6.07 Å². The minimum Gasteiger partial charge on any atom is -0.465 e. The molecule has 0 bridgehead atoms. The van der Waals surface area contributed by atoms with Crippen LogP contribution in [0, 0.1) is 5.82 Å². The summed E-state index contributed by atoms with van der Waals surface area (Å²) in [5, 5.41) is 0.831. The lowest BCUT2D eigenvalue weighted by Crippen LogP contribution is -2.02. The maximum Gasteiger partial charge on any atom is 0.338 e. The SMILES string of the molecule is COC(=O)c1ccc(F)c2cnccc12. The molecule has 0 radical (unpaired) electrons. The van der Waals surface area contributed by atoms with E-state index >= 15 is 0 Å². The van der Waals surface area contributed by atoms with Gasteiger partial charge in [0.05, 0.1) is 12.7 Å². The highest BCUT2D eigenvalue weighted by molar-refractivity contribution is 6.04. The standard InChI is InChI=1S/C11H8FNO2/c1-15-11(14)8-2-3-10(12)9-6-13-5-4-7(8)9/h2-6H,1H3. The highest BCUT2D eigenvalue weighted by atomic mass is 19.1. The summed E-state index contributed by atoms with van der Waals surface area (Å²) in [5.41, 5.74) is 0.344. The molecule has 4 heteroatoms. The monoisotopic (exact) mass is 205 g/mol. The number of carbonyl (C=O) groups excluding carboxylic acids is 1. The number of halogens is 1. The highest BCUT2D eigenvalue weighted by Gasteiger charge is 2.12. The molecule has 0 N–H and O–H groups in total. The first-order valence-electron chi connectivity index (χ1n) is 4.34. The first-order chi connectivity index (χ1) is 7.24. The van der Waals surface area contributed by atoms with E-state index in [9.17, 15) is 9.18 Å². The second-order valence-corrected chi connectivity index (χ2v) is 3.01. The van der Waals surface area contributed by atoms with Gasteiger partial charge in [0.1, 0.15) is 5.82 Å². The van der Waals surface area contributed by atoms with Gasteiger partial charge in [-0.15, -0.1) is 0 Å². The molecule has 2 rings (SSSR count). The van der Waals surface area contributed by atoms with Crippen LogP contribution >= 0.6 is 0 Å². The van der Waals surface area contributed by atoms with Crippen LogP contribution in [0.3, 0.4) is 0 Å². The summed E-state index contributed by atoms with van der Waals surface area (Å²) in [5.74, 6) is -0.878. The Kier molecular flexibility index (Phi) is 2.33. The first-order valence-corrected chi connectivity index (χ1v) is 4.34. The molecule has 76 valence electrons. The van der Waals surface area contributed by atoms with Crippen molar-refractivity contribution in [2.45, 2.75) is 0 Å². The lowest BCUT2D eigenvalue weighted by atomic mass is 10.1. The molecule has 0 saturated heterocycles. The van der Waals surface area contributed by atoms with E-state index in [0.29, 0.717) is 16.3 Å². The first kappa shape index (κ1) is 9.58. The van der Waals surface area contributed by atoms with Crippen LogP contribution in [0.25, 0.3) is 10.8 Å². The molecule has 1 heterocycles. The van der Waals surface area contributed by atoms with Gasteiger partial charge in [-0.2, -0.15) is 0 Å². The third kappa shape index (κ3) is 1.54. The van der Waals surface area contributed by atoms with E-state index in [4.69, 9.17) is 0 Å². The summed E-state index contributed by atoms with van der Waals surface area (Å²) in [6, 6.07) is 4.23. The van der Waals surface area contributed by atoms with Gasteiger partial charge in [0.2, 0.25) is 0 Å². The molecule has 2 aromatic rings. The van der Waals surface area contributed by atoms with Crippen LogP contribution in [0.1, 0.15) is 10.4 Å². The minimum absolute atomic E-state index is 0.320. The van der Waals surface area contributed by atoms with E-state index < -0.39 is 11.8 Å².